The Morgan fingerprint density at radius 1 is 1.06 bits per heavy atom. The van der Waals surface area contributed by atoms with Crippen LogP contribution < -0.4 is 10.1 Å². The molecule has 2 rings (SSSR count). The van der Waals surface area contributed by atoms with Crippen LogP contribution in [0, 0.1) is 6.92 Å². The number of rotatable bonds is 3. The molecule has 3 nitrogen and oxygen atoms in total. The van der Waals surface area contributed by atoms with Crippen molar-refractivity contribution in [1.29, 1.82) is 0 Å². The summed E-state index contributed by atoms with van der Waals surface area (Å²) >= 11 is 0. The van der Waals surface area contributed by atoms with Gasteiger partial charge >= 0.3 is 6.09 Å². The fourth-order valence-electron chi connectivity index (χ4n) is 1.61. The molecule has 0 unspecified atom stereocenters. The van der Waals surface area contributed by atoms with Gasteiger partial charge in [0.1, 0.15) is 5.75 Å². The Morgan fingerprint density at radius 2 is 1.72 bits per heavy atom. The van der Waals surface area contributed by atoms with E-state index < -0.39 is 6.09 Å². The lowest BCUT2D eigenvalue weighted by Crippen LogP contribution is -2.26. The highest BCUT2D eigenvalue weighted by Gasteiger charge is 2.04. The van der Waals surface area contributed by atoms with Gasteiger partial charge < -0.3 is 10.1 Å². The van der Waals surface area contributed by atoms with Crippen LogP contribution in [0.25, 0.3) is 0 Å². The summed E-state index contributed by atoms with van der Waals surface area (Å²) in [6.07, 6.45) is -0.440. The van der Waals surface area contributed by atoms with E-state index in [4.69, 9.17) is 4.74 Å². The highest BCUT2D eigenvalue weighted by molar-refractivity contribution is 5.70. The third kappa shape index (κ3) is 3.35. The van der Waals surface area contributed by atoms with Gasteiger partial charge in [0.2, 0.25) is 0 Å². The monoisotopic (exact) mass is 241 g/mol. The number of ether oxygens (including phenoxy) is 1. The molecule has 0 aliphatic heterocycles. The van der Waals surface area contributed by atoms with Crippen molar-refractivity contribution in [2.24, 2.45) is 0 Å². The maximum absolute atomic E-state index is 11.6. The molecule has 0 spiro atoms. The molecular weight excluding hydrogens is 226 g/mol. The molecule has 0 fully saturated rings. The van der Waals surface area contributed by atoms with Gasteiger partial charge in [-0.1, -0.05) is 42.5 Å². The minimum atomic E-state index is -0.440. The first-order valence-electron chi connectivity index (χ1n) is 5.81. The van der Waals surface area contributed by atoms with Gasteiger partial charge in [0.25, 0.3) is 0 Å². The molecule has 0 saturated heterocycles. The van der Waals surface area contributed by atoms with Crippen LogP contribution in [0.1, 0.15) is 11.1 Å². The minimum absolute atomic E-state index is 0.440. The summed E-state index contributed by atoms with van der Waals surface area (Å²) in [5, 5.41) is 2.73. The Balaban J connectivity index is 1.88. The lowest BCUT2D eigenvalue weighted by atomic mass is 10.1. The number of aryl methyl sites for hydroxylation is 1. The van der Waals surface area contributed by atoms with E-state index in [1.54, 1.807) is 12.1 Å². The fourth-order valence-corrected chi connectivity index (χ4v) is 1.61. The van der Waals surface area contributed by atoms with Crippen LogP contribution in [0.2, 0.25) is 0 Å². The largest absolute Gasteiger partial charge is 0.412 e. The lowest BCUT2D eigenvalue weighted by Gasteiger charge is -2.08. The van der Waals surface area contributed by atoms with Gasteiger partial charge in [0, 0.05) is 6.54 Å². The zero-order valence-corrected chi connectivity index (χ0v) is 10.2. The average Bonchev–Trinajstić information content (AvgIpc) is 2.39. The van der Waals surface area contributed by atoms with Crippen molar-refractivity contribution in [3.05, 3.63) is 65.7 Å². The van der Waals surface area contributed by atoms with E-state index >= 15 is 0 Å². The normalized spacial score (nSPS) is 9.83. The Hall–Kier alpha value is -2.29. The Bertz CT molecular complexity index is 523. The molecule has 0 aromatic heterocycles. The van der Waals surface area contributed by atoms with Gasteiger partial charge in [-0.3, -0.25) is 0 Å². The summed E-state index contributed by atoms with van der Waals surface area (Å²) in [7, 11) is 0. The molecule has 0 radical (unpaired) electrons. The number of benzene rings is 2. The smallest absolute Gasteiger partial charge is 0.410 e. The minimum Gasteiger partial charge on any atom is -0.410 e. The predicted octanol–water partition coefficient (Wildman–Crippen LogP) is 3.28. The van der Waals surface area contributed by atoms with Crippen LogP contribution in [0.4, 0.5) is 4.79 Å². The standard InChI is InChI=1S/C15H15NO2/c1-12-7-5-6-8-13(12)11-16-15(17)18-14-9-3-2-4-10-14/h2-10H,11H2,1H3,(H,16,17). The molecule has 0 saturated carbocycles. The van der Waals surface area contributed by atoms with Crippen LogP contribution in [0.3, 0.4) is 0 Å². The fraction of sp³-hybridized carbons (Fsp3) is 0.133. The maximum Gasteiger partial charge on any atom is 0.412 e. The molecule has 3 heteroatoms. The van der Waals surface area contributed by atoms with Crippen molar-refractivity contribution in [2.75, 3.05) is 0 Å². The second-order valence-corrected chi connectivity index (χ2v) is 3.98. The summed E-state index contributed by atoms with van der Waals surface area (Å²) in [5.41, 5.74) is 2.24. The third-order valence-corrected chi connectivity index (χ3v) is 2.64. The van der Waals surface area contributed by atoms with Gasteiger partial charge in [-0.25, -0.2) is 4.79 Å². The molecule has 0 heterocycles. The van der Waals surface area contributed by atoms with E-state index in [1.807, 2.05) is 49.4 Å². The number of hydrogen-bond acceptors (Lipinski definition) is 2. The number of carbonyl (C=O) groups excluding carboxylic acids is 1. The first kappa shape index (κ1) is 12.2. The molecule has 18 heavy (non-hydrogen) atoms. The van der Waals surface area contributed by atoms with Crippen LogP contribution in [0.5, 0.6) is 5.75 Å². The molecule has 1 N–H and O–H groups in total. The highest BCUT2D eigenvalue weighted by Crippen LogP contribution is 2.09. The zero-order chi connectivity index (χ0) is 12.8. The van der Waals surface area contributed by atoms with Crippen molar-refractivity contribution in [3.63, 3.8) is 0 Å². The second-order valence-electron chi connectivity index (χ2n) is 3.98. The number of nitrogens with one attached hydrogen (secondary N) is 1. The zero-order valence-electron chi connectivity index (χ0n) is 10.2. The number of para-hydroxylation sites is 1. The highest BCUT2D eigenvalue weighted by atomic mass is 16.5. The molecule has 0 bridgehead atoms. The predicted molar refractivity (Wildman–Crippen MR) is 70.5 cm³/mol. The molecular formula is C15H15NO2. The van der Waals surface area contributed by atoms with Gasteiger partial charge in [0.15, 0.2) is 0 Å². The van der Waals surface area contributed by atoms with E-state index in [1.165, 1.54) is 0 Å². The quantitative estimate of drug-likeness (QED) is 0.895. The summed E-state index contributed by atoms with van der Waals surface area (Å²) < 4.78 is 5.13. The number of amides is 1. The first-order chi connectivity index (χ1) is 8.75. The Kier molecular flexibility index (Phi) is 3.97. The maximum atomic E-state index is 11.6. The van der Waals surface area contributed by atoms with E-state index in [2.05, 4.69) is 5.32 Å². The van der Waals surface area contributed by atoms with E-state index in [-0.39, 0.29) is 0 Å². The van der Waals surface area contributed by atoms with Crippen molar-refractivity contribution in [3.8, 4) is 5.75 Å². The molecule has 0 aliphatic carbocycles. The first-order valence-corrected chi connectivity index (χ1v) is 5.81. The van der Waals surface area contributed by atoms with Gasteiger partial charge in [-0.2, -0.15) is 0 Å². The molecule has 0 aliphatic rings. The molecule has 1 amide bonds. The van der Waals surface area contributed by atoms with E-state index in [0.717, 1.165) is 11.1 Å². The van der Waals surface area contributed by atoms with Gasteiger partial charge in [-0.05, 0) is 30.2 Å². The summed E-state index contributed by atoms with van der Waals surface area (Å²) in [6.45, 7) is 2.48. The summed E-state index contributed by atoms with van der Waals surface area (Å²) in [6, 6.07) is 16.9. The second kappa shape index (κ2) is 5.87. The van der Waals surface area contributed by atoms with Crippen LogP contribution in [-0.4, -0.2) is 6.09 Å². The van der Waals surface area contributed by atoms with E-state index in [9.17, 15) is 4.79 Å². The van der Waals surface area contributed by atoms with Crippen molar-refractivity contribution in [2.45, 2.75) is 13.5 Å². The van der Waals surface area contributed by atoms with Gasteiger partial charge in [-0.15, -0.1) is 0 Å². The van der Waals surface area contributed by atoms with Crippen molar-refractivity contribution >= 4 is 6.09 Å². The molecule has 2 aromatic carbocycles. The summed E-state index contributed by atoms with van der Waals surface area (Å²) in [5.74, 6) is 0.541. The lowest BCUT2D eigenvalue weighted by molar-refractivity contribution is 0.200. The SMILES string of the molecule is Cc1ccccc1CNC(=O)Oc1ccccc1. The molecule has 92 valence electrons. The third-order valence-electron chi connectivity index (χ3n) is 2.64. The van der Waals surface area contributed by atoms with Crippen LogP contribution in [-0.2, 0) is 6.54 Å². The molecule has 0 atom stereocenters. The average molecular weight is 241 g/mol. The van der Waals surface area contributed by atoms with Crippen molar-refractivity contribution < 1.29 is 9.53 Å². The Labute approximate surface area is 106 Å². The Morgan fingerprint density at radius 3 is 2.44 bits per heavy atom. The van der Waals surface area contributed by atoms with Crippen LogP contribution >= 0.6 is 0 Å². The van der Waals surface area contributed by atoms with Crippen molar-refractivity contribution in [1.82, 2.24) is 5.32 Å². The summed E-state index contributed by atoms with van der Waals surface area (Å²) in [4.78, 5) is 11.6. The molecule has 2 aromatic rings. The number of carbonyl (C=O) groups is 1. The van der Waals surface area contributed by atoms with E-state index in [0.29, 0.717) is 12.3 Å². The topological polar surface area (TPSA) is 38.3 Å². The number of hydrogen-bond donors (Lipinski definition) is 1. The van der Waals surface area contributed by atoms with Crippen LogP contribution in [0.15, 0.2) is 54.6 Å². The van der Waals surface area contributed by atoms with Gasteiger partial charge in [0.05, 0.1) is 0 Å².